The number of aryl methyl sites for hydroxylation is 1. The fourth-order valence-corrected chi connectivity index (χ4v) is 3.08. The standard InChI is InChI=1S/C24H32N2O2/c1-19(23(28)25-24(2,3)4)26(18-17-21-13-9-6-10-14-21)22(27)16-15-20-11-7-5-8-12-20/h5-14,19H,15-18H2,1-4H3,(H,25,28)/t19-/m0/s1. The van der Waals surface area contributed by atoms with Gasteiger partial charge in [0.25, 0.3) is 0 Å². The molecule has 0 aliphatic rings. The predicted molar refractivity (Wildman–Crippen MR) is 114 cm³/mol. The zero-order valence-corrected chi connectivity index (χ0v) is 17.4. The summed E-state index contributed by atoms with van der Waals surface area (Å²) < 4.78 is 0. The average Bonchev–Trinajstić information content (AvgIpc) is 2.66. The number of hydrogen-bond acceptors (Lipinski definition) is 2. The van der Waals surface area contributed by atoms with E-state index in [1.165, 1.54) is 0 Å². The maximum atomic E-state index is 13.0. The van der Waals surface area contributed by atoms with E-state index in [0.717, 1.165) is 17.5 Å². The van der Waals surface area contributed by atoms with Crippen LogP contribution < -0.4 is 5.32 Å². The Balaban J connectivity index is 2.07. The molecule has 0 spiro atoms. The van der Waals surface area contributed by atoms with Crippen LogP contribution in [0.25, 0.3) is 0 Å². The van der Waals surface area contributed by atoms with E-state index in [1.807, 2.05) is 88.4 Å². The molecule has 0 aliphatic carbocycles. The fourth-order valence-electron chi connectivity index (χ4n) is 3.08. The van der Waals surface area contributed by atoms with E-state index >= 15 is 0 Å². The Bertz CT molecular complexity index is 751. The number of amides is 2. The normalized spacial score (nSPS) is 12.3. The molecular formula is C24H32N2O2. The van der Waals surface area contributed by atoms with Gasteiger partial charge in [-0.2, -0.15) is 0 Å². The van der Waals surface area contributed by atoms with Gasteiger partial charge in [-0.1, -0.05) is 60.7 Å². The van der Waals surface area contributed by atoms with E-state index in [9.17, 15) is 9.59 Å². The molecule has 4 nitrogen and oxygen atoms in total. The highest BCUT2D eigenvalue weighted by molar-refractivity contribution is 5.87. The Morgan fingerprint density at radius 1 is 0.893 bits per heavy atom. The van der Waals surface area contributed by atoms with Crippen LogP contribution in [0.3, 0.4) is 0 Å². The van der Waals surface area contributed by atoms with Gasteiger partial charge in [0.1, 0.15) is 6.04 Å². The topological polar surface area (TPSA) is 49.4 Å². The third-order valence-corrected chi connectivity index (χ3v) is 4.62. The van der Waals surface area contributed by atoms with Crippen molar-refractivity contribution in [3.8, 4) is 0 Å². The molecule has 0 bridgehead atoms. The first-order valence-electron chi connectivity index (χ1n) is 9.95. The molecule has 0 saturated carbocycles. The highest BCUT2D eigenvalue weighted by Crippen LogP contribution is 2.11. The third-order valence-electron chi connectivity index (χ3n) is 4.62. The monoisotopic (exact) mass is 380 g/mol. The quantitative estimate of drug-likeness (QED) is 0.753. The van der Waals surface area contributed by atoms with Crippen LogP contribution in [0.5, 0.6) is 0 Å². The lowest BCUT2D eigenvalue weighted by Crippen LogP contribution is -2.53. The van der Waals surface area contributed by atoms with Crippen molar-refractivity contribution in [2.45, 2.75) is 58.5 Å². The van der Waals surface area contributed by atoms with Gasteiger partial charge in [-0.15, -0.1) is 0 Å². The minimum atomic E-state index is -0.508. The summed E-state index contributed by atoms with van der Waals surface area (Å²) in [6.45, 7) is 8.18. The summed E-state index contributed by atoms with van der Waals surface area (Å²) in [5, 5.41) is 2.99. The smallest absolute Gasteiger partial charge is 0.242 e. The molecule has 2 aromatic rings. The van der Waals surface area contributed by atoms with Crippen molar-refractivity contribution in [2.24, 2.45) is 0 Å². The second-order valence-electron chi connectivity index (χ2n) is 8.22. The van der Waals surface area contributed by atoms with Crippen LogP contribution in [0, 0.1) is 0 Å². The highest BCUT2D eigenvalue weighted by atomic mass is 16.2. The minimum absolute atomic E-state index is 0.0105. The number of hydrogen-bond donors (Lipinski definition) is 1. The van der Waals surface area contributed by atoms with E-state index in [2.05, 4.69) is 5.32 Å². The van der Waals surface area contributed by atoms with Gasteiger partial charge in [0, 0.05) is 18.5 Å². The van der Waals surface area contributed by atoms with E-state index in [4.69, 9.17) is 0 Å². The molecule has 28 heavy (non-hydrogen) atoms. The van der Waals surface area contributed by atoms with Gasteiger partial charge in [-0.25, -0.2) is 0 Å². The average molecular weight is 381 g/mol. The van der Waals surface area contributed by atoms with Gasteiger partial charge >= 0.3 is 0 Å². The molecule has 1 atom stereocenters. The van der Waals surface area contributed by atoms with Crippen LogP contribution >= 0.6 is 0 Å². The van der Waals surface area contributed by atoms with E-state index in [1.54, 1.807) is 4.90 Å². The number of rotatable bonds is 8. The Morgan fingerprint density at radius 3 is 1.89 bits per heavy atom. The zero-order valence-electron chi connectivity index (χ0n) is 17.4. The van der Waals surface area contributed by atoms with Crippen LogP contribution in [-0.4, -0.2) is 34.8 Å². The molecule has 0 heterocycles. The summed E-state index contributed by atoms with van der Waals surface area (Å²) in [5.41, 5.74) is 1.96. The van der Waals surface area contributed by atoms with Crippen LogP contribution in [0.1, 0.15) is 45.2 Å². The highest BCUT2D eigenvalue weighted by Gasteiger charge is 2.27. The van der Waals surface area contributed by atoms with E-state index in [-0.39, 0.29) is 17.4 Å². The van der Waals surface area contributed by atoms with Crippen LogP contribution in [0.15, 0.2) is 60.7 Å². The molecule has 150 valence electrons. The van der Waals surface area contributed by atoms with Gasteiger partial charge < -0.3 is 10.2 Å². The van der Waals surface area contributed by atoms with Crippen molar-refractivity contribution in [3.05, 3.63) is 71.8 Å². The molecule has 2 amide bonds. The zero-order chi connectivity index (χ0) is 20.6. The van der Waals surface area contributed by atoms with Gasteiger partial charge in [0.2, 0.25) is 11.8 Å². The van der Waals surface area contributed by atoms with E-state index in [0.29, 0.717) is 19.4 Å². The lowest BCUT2D eigenvalue weighted by molar-refractivity contribution is -0.140. The predicted octanol–water partition coefficient (Wildman–Crippen LogP) is 3.99. The molecule has 2 aromatic carbocycles. The largest absolute Gasteiger partial charge is 0.350 e. The van der Waals surface area contributed by atoms with Crippen LogP contribution in [-0.2, 0) is 22.4 Å². The molecule has 4 heteroatoms. The van der Waals surface area contributed by atoms with E-state index < -0.39 is 6.04 Å². The van der Waals surface area contributed by atoms with Crippen molar-refractivity contribution in [1.82, 2.24) is 10.2 Å². The second-order valence-corrected chi connectivity index (χ2v) is 8.22. The number of benzene rings is 2. The molecule has 2 rings (SSSR count). The Hall–Kier alpha value is -2.62. The molecule has 0 unspecified atom stereocenters. The van der Waals surface area contributed by atoms with Crippen LogP contribution in [0.4, 0.5) is 0 Å². The number of carbonyl (C=O) groups excluding carboxylic acids is 2. The number of nitrogens with zero attached hydrogens (tertiary/aromatic N) is 1. The molecule has 0 fully saturated rings. The molecular weight excluding hydrogens is 348 g/mol. The van der Waals surface area contributed by atoms with Crippen molar-refractivity contribution in [2.75, 3.05) is 6.54 Å². The molecule has 0 aromatic heterocycles. The summed E-state index contributed by atoms with van der Waals surface area (Å²) in [4.78, 5) is 27.4. The minimum Gasteiger partial charge on any atom is -0.350 e. The molecule has 0 radical (unpaired) electrons. The first-order valence-corrected chi connectivity index (χ1v) is 9.95. The number of carbonyl (C=O) groups is 2. The van der Waals surface area contributed by atoms with Crippen molar-refractivity contribution in [3.63, 3.8) is 0 Å². The number of nitrogens with one attached hydrogen (secondary N) is 1. The van der Waals surface area contributed by atoms with Crippen molar-refractivity contribution in [1.29, 1.82) is 0 Å². The fraction of sp³-hybridized carbons (Fsp3) is 0.417. The van der Waals surface area contributed by atoms with Gasteiger partial charge in [0.05, 0.1) is 0 Å². The summed E-state index contributed by atoms with van der Waals surface area (Å²) in [7, 11) is 0. The first-order chi connectivity index (χ1) is 13.3. The lowest BCUT2D eigenvalue weighted by atomic mass is 10.1. The lowest BCUT2D eigenvalue weighted by Gasteiger charge is -2.31. The maximum absolute atomic E-state index is 13.0. The molecule has 1 N–H and O–H groups in total. The van der Waals surface area contributed by atoms with Gasteiger partial charge in [0.15, 0.2) is 0 Å². The third kappa shape index (κ3) is 7.18. The van der Waals surface area contributed by atoms with Crippen LogP contribution in [0.2, 0.25) is 0 Å². The Morgan fingerprint density at radius 2 is 1.39 bits per heavy atom. The second kappa shape index (κ2) is 10.1. The summed E-state index contributed by atoms with van der Waals surface area (Å²) in [6, 6.07) is 19.5. The summed E-state index contributed by atoms with van der Waals surface area (Å²) in [5.74, 6) is -0.107. The van der Waals surface area contributed by atoms with Gasteiger partial charge in [-0.05, 0) is 51.7 Å². The summed E-state index contributed by atoms with van der Waals surface area (Å²) >= 11 is 0. The first kappa shape index (κ1) is 21.7. The summed E-state index contributed by atoms with van der Waals surface area (Å²) in [6.07, 6.45) is 1.80. The maximum Gasteiger partial charge on any atom is 0.242 e. The van der Waals surface area contributed by atoms with Crippen molar-refractivity contribution < 1.29 is 9.59 Å². The molecule has 0 aliphatic heterocycles. The van der Waals surface area contributed by atoms with Crippen molar-refractivity contribution >= 4 is 11.8 Å². The Kier molecular flexibility index (Phi) is 7.80. The van der Waals surface area contributed by atoms with Gasteiger partial charge in [-0.3, -0.25) is 9.59 Å². The Labute approximate surface area is 169 Å². The molecule has 0 saturated heterocycles. The SMILES string of the molecule is C[C@@H](C(=O)NC(C)(C)C)N(CCc1ccccc1)C(=O)CCc1ccccc1.